The molecule has 0 aliphatic carbocycles. The number of hydrogen-bond donors (Lipinski definition) is 2. The topological polar surface area (TPSA) is 85.9 Å². The standard InChI is InChI=1S/C26H40N2O5S2/c1-20(2)9-7-13-27-24(29)18-31-15-16-32-25(35-34-5)19-33-23-12-6-11-22(17-23)26(30)28-14-8-10-21(3)4/h6,11-12,17,20-21,25H,8,10,13-16,18-19H2,1-5H3,(H,27,29)(H,28,30). The molecular formula is C26H40N2O5S2. The van der Waals surface area contributed by atoms with E-state index in [0.29, 0.717) is 50.1 Å². The Bertz CT molecular complexity index is 808. The van der Waals surface area contributed by atoms with Gasteiger partial charge in [0.2, 0.25) is 5.91 Å². The molecule has 0 heterocycles. The van der Waals surface area contributed by atoms with Gasteiger partial charge in [0.15, 0.2) is 0 Å². The lowest BCUT2D eigenvalue weighted by Crippen LogP contribution is -2.29. The second-order valence-corrected chi connectivity index (χ2v) is 11.1. The van der Waals surface area contributed by atoms with E-state index in [1.165, 1.54) is 0 Å². The van der Waals surface area contributed by atoms with Crippen molar-refractivity contribution in [3.05, 3.63) is 29.8 Å². The fraction of sp³-hybridized carbons (Fsp3) is 0.615. The van der Waals surface area contributed by atoms with Crippen LogP contribution in [0, 0.1) is 23.7 Å². The van der Waals surface area contributed by atoms with Crippen molar-refractivity contribution in [2.75, 3.05) is 45.8 Å². The lowest BCUT2D eigenvalue weighted by molar-refractivity contribution is -0.126. The first-order valence-corrected chi connectivity index (χ1v) is 14.6. The summed E-state index contributed by atoms with van der Waals surface area (Å²) in [4.78, 5) is 24.1. The molecule has 1 unspecified atom stereocenters. The highest BCUT2D eigenvalue weighted by molar-refractivity contribution is 8.76. The van der Waals surface area contributed by atoms with Gasteiger partial charge in [0, 0.05) is 18.0 Å². The Morgan fingerprint density at radius 3 is 2.63 bits per heavy atom. The van der Waals surface area contributed by atoms with Crippen molar-refractivity contribution in [3.63, 3.8) is 0 Å². The van der Waals surface area contributed by atoms with Gasteiger partial charge in [-0.25, -0.2) is 0 Å². The van der Waals surface area contributed by atoms with Crippen LogP contribution in [0.5, 0.6) is 5.75 Å². The molecule has 2 amide bonds. The predicted octanol–water partition coefficient (Wildman–Crippen LogP) is 4.38. The molecule has 0 saturated carbocycles. The fourth-order valence-corrected chi connectivity index (χ4v) is 4.24. The lowest BCUT2D eigenvalue weighted by atomic mass is 10.1. The molecule has 9 heteroatoms. The van der Waals surface area contributed by atoms with Gasteiger partial charge in [-0.1, -0.05) is 67.2 Å². The first-order chi connectivity index (χ1) is 16.8. The van der Waals surface area contributed by atoms with Crippen molar-refractivity contribution in [2.24, 2.45) is 11.8 Å². The van der Waals surface area contributed by atoms with Crippen molar-refractivity contribution < 1.29 is 23.8 Å². The van der Waals surface area contributed by atoms with Crippen molar-refractivity contribution in [1.82, 2.24) is 10.6 Å². The van der Waals surface area contributed by atoms with Crippen LogP contribution < -0.4 is 15.4 Å². The molecule has 0 radical (unpaired) electrons. The van der Waals surface area contributed by atoms with Gasteiger partial charge in [0.05, 0.1) is 19.8 Å². The molecule has 1 rings (SSSR count). The van der Waals surface area contributed by atoms with E-state index < -0.39 is 0 Å². The van der Waals surface area contributed by atoms with Crippen LogP contribution in [0.1, 0.15) is 50.9 Å². The number of amides is 2. The number of carbonyl (C=O) groups excluding carboxylic acids is 2. The Kier molecular flexibility index (Phi) is 17.2. The summed E-state index contributed by atoms with van der Waals surface area (Å²) in [6, 6.07) is 7.15. The maximum atomic E-state index is 12.4. The van der Waals surface area contributed by atoms with Crippen LogP contribution in [0.2, 0.25) is 0 Å². The molecule has 0 spiro atoms. The Morgan fingerprint density at radius 2 is 1.91 bits per heavy atom. The van der Waals surface area contributed by atoms with Gasteiger partial charge >= 0.3 is 0 Å². The molecule has 0 aromatic heterocycles. The largest absolute Gasteiger partial charge is 0.490 e. The van der Waals surface area contributed by atoms with Crippen LogP contribution in [-0.4, -0.2) is 63.0 Å². The molecule has 0 fully saturated rings. The van der Waals surface area contributed by atoms with E-state index in [4.69, 9.17) is 14.2 Å². The third-order valence-corrected chi connectivity index (χ3v) is 6.36. The molecule has 0 saturated heterocycles. The monoisotopic (exact) mass is 524 g/mol. The number of carbonyl (C=O) groups is 2. The van der Waals surface area contributed by atoms with Gasteiger partial charge in [-0.3, -0.25) is 9.59 Å². The highest BCUT2D eigenvalue weighted by Gasteiger charge is 2.12. The molecule has 0 aliphatic heterocycles. The van der Waals surface area contributed by atoms with Crippen LogP contribution in [-0.2, 0) is 14.3 Å². The number of nitrogens with one attached hydrogen (secondary N) is 2. The maximum Gasteiger partial charge on any atom is 0.251 e. The second-order valence-electron chi connectivity index (χ2n) is 8.50. The molecule has 0 aliphatic rings. The van der Waals surface area contributed by atoms with Gasteiger partial charge in [0.25, 0.3) is 5.91 Å². The first kappa shape index (κ1) is 31.2. The lowest BCUT2D eigenvalue weighted by Gasteiger charge is -2.17. The minimum absolute atomic E-state index is 0.0319. The van der Waals surface area contributed by atoms with Crippen molar-refractivity contribution in [2.45, 2.75) is 46.0 Å². The summed E-state index contributed by atoms with van der Waals surface area (Å²) in [6.45, 7) is 10.2. The Balaban J connectivity index is 2.34. The van der Waals surface area contributed by atoms with Crippen molar-refractivity contribution in [1.29, 1.82) is 0 Å². The summed E-state index contributed by atoms with van der Waals surface area (Å²) in [6.07, 6.45) is 4.02. The normalized spacial score (nSPS) is 11.6. The third-order valence-electron chi connectivity index (χ3n) is 4.46. The molecule has 35 heavy (non-hydrogen) atoms. The van der Waals surface area contributed by atoms with E-state index in [1.807, 2.05) is 32.2 Å². The average molecular weight is 525 g/mol. The smallest absolute Gasteiger partial charge is 0.251 e. The molecular weight excluding hydrogens is 484 g/mol. The first-order valence-electron chi connectivity index (χ1n) is 12.0. The number of hydrogen-bond acceptors (Lipinski definition) is 7. The summed E-state index contributed by atoms with van der Waals surface area (Å²) in [7, 11) is 3.12. The van der Waals surface area contributed by atoms with E-state index in [1.54, 1.807) is 33.7 Å². The molecule has 1 aromatic carbocycles. The summed E-state index contributed by atoms with van der Waals surface area (Å²) in [5.41, 5.74) is 0.353. The van der Waals surface area contributed by atoms with Crippen molar-refractivity contribution >= 4 is 33.4 Å². The van der Waals surface area contributed by atoms with E-state index in [9.17, 15) is 9.59 Å². The molecule has 7 nitrogen and oxygen atoms in total. The fourth-order valence-electron chi connectivity index (χ4n) is 2.77. The SMILES string of the molecule is CSSC(COc1cccc(C(=O)NCCCC(C)C)c1)OCCOCC(=O)NCC#CC(C)C. The minimum Gasteiger partial charge on any atom is -0.490 e. The zero-order valence-corrected chi connectivity index (χ0v) is 23.2. The zero-order chi connectivity index (χ0) is 25.9. The highest BCUT2D eigenvalue weighted by Crippen LogP contribution is 2.25. The van der Waals surface area contributed by atoms with E-state index >= 15 is 0 Å². The zero-order valence-electron chi connectivity index (χ0n) is 21.6. The minimum atomic E-state index is -0.220. The van der Waals surface area contributed by atoms with E-state index in [2.05, 4.69) is 36.3 Å². The average Bonchev–Trinajstić information content (AvgIpc) is 2.82. The second kappa shape index (κ2) is 19.3. The quantitative estimate of drug-likeness (QED) is 0.135. The number of benzene rings is 1. The summed E-state index contributed by atoms with van der Waals surface area (Å²) in [5, 5.41) is 5.65. The van der Waals surface area contributed by atoms with Gasteiger partial charge < -0.3 is 24.8 Å². The summed E-state index contributed by atoms with van der Waals surface area (Å²) < 4.78 is 17.1. The van der Waals surface area contributed by atoms with Gasteiger partial charge in [0.1, 0.15) is 24.4 Å². The molecule has 2 N–H and O–H groups in total. The van der Waals surface area contributed by atoms with E-state index in [0.717, 1.165) is 12.8 Å². The highest BCUT2D eigenvalue weighted by atomic mass is 33.1. The van der Waals surface area contributed by atoms with Gasteiger partial charge in [-0.2, -0.15) is 0 Å². The Hall–Kier alpha value is -1.86. The summed E-state index contributed by atoms with van der Waals surface area (Å²) >= 11 is 0. The van der Waals surface area contributed by atoms with Crippen LogP contribution >= 0.6 is 21.6 Å². The van der Waals surface area contributed by atoms with Crippen LogP contribution in [0.15, 0.2) is 24.3 Å². The van der Waals surface area contributed by atoms with Crippen LogP contribution in [0.4, 0.5) is 0 Å². The van der Waals surface area contributed by atoms with Crippen LogP contribution in [0.3, 0.4) is 0 Å². The summed E-state index contributed by atoms with van der Waals surface area (Å²) in [5.74, 6) is 7.10. The van der Waals surface area contributed by atoms with Crippen LogP contribution in [0.25, 0.3) is 0 Å². The molecule has 196 valence electrons. The molecule has 0 bridgehead atoms. The van der Waals surface area contributed by atoms with Gasteiger partial charge in [-0.15, -0.1) is 0 Å². The third kappa shape index (κ3) is 16.4. The number of ether oxygens (including phenoxy) is 3. The molecule has 1 aromatic rings. The van der Waals surface area contributed by atoms with Crippen molar-refractivity contribution in [3.8, 4) is 17.6 Å². The predicted molar refractivity (Wildman–Crippen MR) is 146 cm³/mol. The maximum absolute atomic E-state index is 12.4. The molecule has 1 atom stereocenters. The Labute approximate surface area is 218 Å². The van der Waals surface area contributed by atoms with E-state index in [-0.39, 0.29) is 29.8 Å². The van der Waals surface area contributed by atoms with Gasteiger partial charge in [-0.05, 0) is 43.2 Å². The number of rotatable bonds is 17. The Morgan fingerprint density at radius 1 is 1.11 bits per heavy atom.